The molecule has 2 amide bonds. The van der Waals surface area contributed by atoms with Crippen LogP contribution in [0.3, 0.4) is 0 Å². The van der Waals surface area contributed by atoms with Crippen molar-refractivity contribution in [1.82, 2.24) is 25.0 Å². The fraction of sp³-hybridized carbons (Fsp3) is 0.259. The third-order valence-corrected chi connectivity index (χ3v) is 6.44. The molecule has 0 bridgehead atoms. The third-order valence-electron chi connectivity index (χ3n) is 6.44. The summed E-state index contributed by atoms with van der Waals surface area (Å²) >= 11 is 0. The summed E-state index contributed by atoms with van der Waals surface area (Å²) < 4.78 is 15.8. The van der Waals surface area contributed by atoms with Gasteiger partial charge in [-0.3, -0.25) is 9.59 Å². The number of amides is 2. The van der Waals surface area contributed by atoms with Crippen LogP contribution in [0.25, 0.3) is 22.3 Å². The van der Waals surface area contributed by atoms with Gasteiger partial charge in [-0.25, -0.2) is 14.1 Å². The van der Waals surface area contributed by atoms with Crippen LogP contribution in [0.1, 0.15) is 40.5 Å². The number of nitrogens with zero attached hydrogens (tertiary/aromatic N) is 4. The number of hydrogen-bond donors (Lipinski definition) is 1. The summed E-state index contributed by atoms with van der Waals surface area (Å²) in [6.45, 7) is 3.53. The molecule has 0 aliphatic carbocycles. The first kappa shape index (κ1) is 22.7. The van der Waals surface area contributed by atoms with Crippen LogP contribution in [0.5, 0.6) is 0 Å². The van der Waals surface area contributed by atoms with Crippen LogP contribution in [0.2, 0.25) is 0 Å². The number of carbonyl (C=O) groups excluding carboxylic acids is 2. The van der Waals surface area contributed by atoms with Crippen LogP contribution in [-0.2, 0) is 6.54 Å². The van der Waals surface area contributed by atoms with Crippen molar-refractivity contribution < 1.29 is 14.0 Å². The van der Waals surface area contributed by atoms with Gasteiger partial charge in [-0.1, -0.05) is 42.5 Å². The Kier molecular flexibility index (Phi) is 6.27. The van der Waals surface area contributed by atoms with Crippen molar-refractivity contribution >= 4 is 22.8 Å². The second-order valence-corrected chi connectivity index (χ2v) is 8.64. The first-order valence-corrected chi connectivity index (χ1v) is 11.8. The molecule has 1 fully saturated rings. The molecule has 2 aromatic heterocycles. The molecular formula is C27H26FN5O2. The Morgan fingerprint density at radius 1 is 1.03 bits per heavy atom. The predicted octanol–water partition coefficient (Wildman–Crippen LogP) is 4.29. The van der Waals surface area contributed by atoms with Crippen molar-refractivity contribution in [2.24, 2.45) is 0 Å². The molecule has 3 heterocycles. The second-order valence-electron chi connectivity index (χ2n) is 8.64. The van der Waals surface area contributed by atoms with Gasteiger partial charge in [0.25, 0.3) is 11.8 Å². The molecule has 4 aromatic rings. The van der Waals surface area contributed by atoms with E-state index in [0.29, 0.717) is 54.8 Å². The van der Waals surface area contributed by atoms with Gasteiger partial charge in [0.05, 0.1) is 28.4 Å². The highest BCUT2D eigenvalue weighted by Gasteiger charge is 2.27. The summed E-state index contributed by atoms with van der Waals surface area (Å²) in [5, 5.41) is 8.24. The van der Waals surface area contributed by atoms with E-state index >= 15 is 0 Å². The van der Waals surface area contributed by atoms with E-state index in [4.69, 9.17) is 4.98 Å². The van der Waals surface area contributed by atoms with Crippen LogP contribution in [-0.4, -0.2) is 50.6 Å². The largest absolute Gasteiger partial charge is 0.349 e. The number of halogens is 1. The van der Waals surface area contributed by atoms with E-state index in [-0.39, 0.29) is 23.4 Å². The van der Waals surface area contributed by atoms with Gasteiger partial charge >= 0.3 is 0 Å². The monoisotopic (exact) mass is 471 g/mol. The fourth-order valence-corrected chi connectivity index (χ4v) is 4.52. The maximum atomic E-state index is 14.0. The number of hydrogen-bond acceptors (Lipinski definition) is 4. The maximum Gasteiger partial charge on any atom is 0.256 e. The molecule has 0 saturated carbocycles. The fourth-order valence-electron chi connectivity index (χ4n) is 4.52. The standard InChI is InChI=1S/C27H26FN5O2/c1-2-33-25-22(17-29-33)21(16-24(31-25)18-8-4-3-5-9-18)26(34)30-19-12-14-32(15-13-19)27(35)20-10-6-7-11-23(20)28/h3-11,16-17,19H,2,12-15H2,1H3,(H,30,34). The van der Waals surface area contributed by atoms with Crippen molar-refractivity contribution in [2.45, 2.75) is 32.4 Å². The van der Waals surface area contributed by atoms with Crippen molar-refractivity contribution in [3.63, 3.8) is 0 Å². The van der Waals surface area contributed by atoms with Gasteiger partial charge in [0.15, 0.2) is 5.65 Å². The average Bonchev–Trinajstić information content (AvgIpc) is 3.32. The normalized spacial score (nSPS) is 14.3. The smallest absolute Gasteiger partial charge is 0.256 e. The quantitative estimate of drug-likeness (QED) is 0.471. The van der Waals surface area contributed by atoms with Crippen LogP contribution in [0.4, 0.5) is 4.39 Å². The van der Waals surface area contributed by atoms with Gasteiger partial charge < -0.3 is 10.2 Å². The number of aryl methyl sites for hydroxylation is 1. The van der Waals surface area contributed by atoms with E-state index in [9.17, 15) is 14.0 Å². The molecule has 1 saturated heterocycles. The molecule has 35 heavy (non-hydrogen) atoms. The molecule has 8 heteroatoms. The van der Waals surface area contributed by atoms with E-state index in [1.165, 1.54) is 12.1 Å². The third kappa shape index (κ3) is 4.51. The second kappa shape index (κ2) is 9.66. The molecule has 0 spiro atoms. The van der Waals surface area contributed by atoms with Gasteiger partial charge in [0.1, 0.15) is 5.82 Å². The number of fused-ring (bicyclic) bond motifs is 1. The highest BCUT2D eigenvalue weighted by molar-refractivity contribution is 6.06. The van der Waals surface area contributed by atoms with E-state index in [2.05, 4.69) is 10.4 Å². The zero-order valence-corrected chi connectivity index (χ0v) is 19.4. The van der Waals surface area contributed by atoms with Crippen LogP contribution in [0, 0.1) is 5.82 Å². The molecule has 5 rings (SSSR count). The van der Waals surface area contributed by atoms with Crippen molar-refractivity contribution in [3.8, 4) is 11.3 Å². The van der Waals surface area contributed by atoms with Crippen molar-refractivity contribution in [3.05, 3.63) is 83.8 Å². The van der Waals surface area contributed by atoms with Gasteiger partial charge in [0, 0.05) is 31.2 Å². The van der Waals surface area contributed by atoms with Crippen LogP contribution >= 0.6 is 0 Å². The van der Waals surface area contributed by atoms with Gasteiger partial charge in [0.2, 0.25) is 0 Å². The molecule has 1 aliphatic heterocycles. The van der Waals surface area contributed by atoms with Gasteiger partial charge in [-0.15, -0.1) is 0 Å². The number of likely N-dealkylation sites (tertiary alicyclic amines) is 1. The lowest BCUT2D eigenvalue weighted by Crippen LogP contribution is -2.46. The predicted molar refractivity (Wildman–Crippen MR) is 131 cm³/mol. The summed E-state index contributed by atoms with van der Waals surface area (Å²) in [6.07, 6.45) is 2.88. The first-order valence-electron chi connectivity index (χ1n) is 11.8. The number of carbonyl (C=O) groups is 2. The minimum absolute atomic E-state index is 0.0792. The Morgan fingerprint density at radius 2 is 1.74 bits per heavy atom. The molecular weight excluding hydrogens is 445 g/mol. The minimum atomic E-state index is -0.517. The summed E-state index contributed by atoms with van der Waals surface area (Å²) in [5.41, 5.74) is 2.91. The number of rotatable bonds is 5. The molecule has 0 unspecified atom stereocenters. The van der Waals surface area contributed by atoms with E-state index < -0.39 is 5.82 Å². The van der Waals surface area contributed by atoms with Crippen LogP contribution < -0.4 is 5.32 Å². The highest BCUT2D eigenvalue weighted by atomic mass is 19.1. The SMILES string of the molecule is CCn1ncc2c(C(=O)NC3CCN(C(=O)c4ccccc4F)CC3)cc(-c3ccccc3)nc21. The number of piperidine rings is 1. The Balaban J connectivity index is 1.34. The number of nitrogens with one attached hydrogen (secondary N) is 1. The van der Waals surface area contributed by atoms with Gasteiger partial charge in [-0.05, 0) is 38.0 Å². The Labute approximate surface area is 202 Å². The van der Waals surface area contributed by atoms with E-state index in [1.54, 1.807) is 27.9 Å². The lowest BCUT2D eigenvalue weighted by molar-refractivity contribution is 0.0694. The lowest BCUT2D eigenvalue weighted by Gasteiger charge is -2.32. The number of benzene rings is 2. The van der Waals surface area contributed by atoms with Crippen molar-refractivity contribution in [1.29, 1.82) is 0 Å². The lowest BCUT2D eigenvalue weighted by atomic mass is 10.0. The Bertz CT molecular complexity index is 1380. The maximum absolute atomic E-state index is 14.0. The Hall–Kier alpha value is -4.07. The zero-order chi connectivity index (χ0) is 24.4. The number of pyridine rings is 1. The zero-order valence-electron chi connectivity index (χ0n) is 19.4. The summed E-state index contributed by atoms with van der Waals surface area (Å²) in [4.78, 5) is 32.5. The molecule has 1 aliphatic rings. The molecule has 0 radical (unpaired) electrons. The topological polar surface area (TPSA) is 80.1 Å². The molecule has 1 N–H and O–H groups in total. The Morgan fingerprint density at radius 3 is 2.46 bits per heavy atom. The summed E-state index contributed by atoms with van der Waals surface area (Å²) in [5.74, 6) is -1.02. The minimum Gasteiger partial charge on any atom is -0.349 e. The molecule has 2 aromatic carbocycles. The molecule has 178 valence electrons. The summed E-state index contributed by atoms with van der Waals surface area (Å²) in [7, 11) is 0. The molecule has 0 atom stereocenters. The highest BCUT2D eigenvalue weighted by Crippen LogP contribution is 2.25. The van der Waals surface area contributed by atoms with Gasteiger partial charge in [-0.2, -0.15) is 5.10 Å². The summed E-state index contributed by atoms with van der Waals surface area (Å²) in [6, 6.07) is 17.5. The van der Waals surface area contributed by atoms with Crippen molar-refractivity contribution in [2.75, 3.05) is 13.1 Å². The number of aromatic nitrogens is 3. The van der Waals surface area contributed by atoms with E-state index in [1.807, 2.05) is 43.3 Å². The van der Waals surface area contributed by atoms with Crippen LogP contribution in [0.15, 0.2) is 66.9 Å². The first-order chi connectivity index (χ1) is 17.0. The average molecular weight is 472 g/mol. The van der Waals surface area contributed by atoms with E-state index in [0.717, 1.165) is 5.56 Å². The molecule has 7 nitrogen and oxygen atoms in total.